The minimum atomic E-state index is -0.259. The lowest BCUT2D eigenvalue weighted by molar-refractivity contribution is -0.123. The number of hydrogen-bond acceptors (Lipinski definition) is 4. The van der Waals surface area contributed by atoms with Crippen LogP contribution in [0.1, 0.15) is 22.3 Å². The number of aryl methyl sites for hydroxylation is 3. The van der Waals surface area contributed by atoms with Crippen LogP contribution in [-0.2, 0) is 4.79 Å². The number of hydrogen-bond donors (Lipinski definition) is 0. The first kappa shape index (κ1) is 18.3. The van der Waals surface area contributed by atoms with Gasteiger partial charge in [-0.25, -0.2) is 0 Å². The molecule has 1 aliphatic heterocycles. The van der Waals surface area contributed by atoms with Crippen molar-refractivity contribution in [2.75, 3.05) is 13.2 Å². The van der Waals surface area contributed by atoms with E-state index in [1.54, 1.807) is 6.08 Å². The summed E-state index contributed by atoms with van der Waals surface area (Å²) in [6, 6.07) is 13.8. The highest BCUT2D eigenvalue weighted by atomic mass is 32.2. The van der Waals surface area contributed by atoms with E-state index in [4.69, 9.17) is 4.74 Å². The van der Waals surface area contributed by atoms with E-state index in [2.05, 4.69) is 0 Å². The number of nitrogens with zero attached hydrogens (tertiary/aromatic N) is 1. The Morgan fingerprint density at radius 2 is 1.69 bits per heavy atom. The minimum Gasteiger partial charge on any atom is -0.491 e. The smallest absolute Gasteiger partial charge is 0.293 e. The second-order valence-electron chi connectivity index (χ2n) is 6.36. The number of thioether (sulfide) groups is 1. The highest BCUT2D eigenvalue weighted by Gasteiger charge is 2.34. The molecule has 1 aliphatic rings. The lowest BCUT2D eigenvalue weighted by atomic mass is 10.1. The molecule has 134 valence electrons. The van der Waals surface area contributed by atoms with Gasteiger partial charge in [-0.05, 0) is 61.4 Å². The van der Waals surface area contributed by atoms with E-state index in [0.29, 0.717) is 4.91 Å². The number of carbonyl (C=O) groups is 2. The summed E-state index contributed by atoms with van der Waals surface area (Å²) in [7, 11) is 0. The maximum atomic E-state index is 12.5. The Hall–Kier alpha value is -2.53. The second kappa shape index (κ2) is 7.79. The number of ether oxygens (including phenoxy) is 1. The van der Waals surface area contributed by atoms with Crippen LogP contribution in [0.5, 0.6) is 5.75 Å². The lowest BCUT2D eigenvalue weighted by Gasteiger charge is -2.14. The molecule has 26 heavy (non-hydrogen) atoms. The van der Waals surface area contributed by atoms with E-state index < -0.39 is 0 Å². The minimum absolute atomic E-state index is 0.239. The molecule has 0 unspecified atom stereocenters. The molecule has 1 saturated heterocycles. The zero-order valence-corrected chi connectivity index (χ0v) is 15.9. The zero-order chi connectivity index (χ0) is 18.7. The van der Waals surface area contributed by atoms with Gasteiger partial charge in [-0.1, -0.05) is 42.0 Å². The lowest BCUT2D eigenvalue weighted by Crippen LogP contribution is -2.32. The summed E-state index contributed by atoms with van der Waals surface area (Å²) in [5, 5.41) is -0.252. The fourth-order valence-corrected chi connectivity index (χ4v) is 3.48. The summed E-state index contributed by atoms with van der Waals surface area (Å²) in [6.07, 6.45) is 1.76. The van der Waals surface area contributed by atoms with E-state index in [-0.39, 0.29) is 24.3 Å². The third-order valence-electron chi connectivity index (χ3n) is 4.16. The molecule has 1 fully saturated rings. The average molecular weight is 367 g/mol. The quantitative estimate of drug-likeness (QED) is 0.717. The first-order chi connectivity index (χ1) is 12.4. The van der Waals surface area contributed by atoms with Crippen LogP contribution in [0.25, 0.3) is 6.08 Å². The average Bonchev–Trinajstić information content (AvgIpc) is 2.87. The number of carbonyl (C=O) groups excluding carboxylic acids is 2. The molecule has 0 radical (unpaired) electrons. The maximum absolute atomic E-state index is 12.5. The van der Waals surface area contributed by atoms with Crippen molar-refractivity contribution in [3.8, 4) is 5.75 Å². The van der Waals surface area contributed by atoms with Crippen molar-refractivity contribution in [3.05, 3.63) is 69.6 Å². The predicted octanol–water partition coefficient (Wildman–Crippen LogP) is 4.73. The van der Waals surface area contributed by atoms with Crippen LogP contribution < -0.4 is 4.74 Å². The fraction of sp³-hybridized carbons (Fsp3) is 0.238. The standard InChI is InChI=1S/C21H21NO3S/c1-14-5-8-17(9-6-14)13-19-20(23)22(21(24)26-19)10-11-25-18-12-15(2)4-7-16(18)3/h4-9,12-13H,10-11H2,1-3H3/b19-13-. The summed E-state index contributed by atoms with van der Waals surface area (Å²) in [4.78, 5) is 26.4. The number of benzene rings is 2. The molecule has 0 N–H and O–H groups in total. The van der Waals surface area contributed by atoms with Crippen molar-refractivity contribution in [2.45, 2.75) is 20.8 Å². The molecular weight excluding hydrogens is 346 g/mol. The number of amides is 2. The van der Waals surface area contributed by atoms with E-state index in [9.17, 15) is 9.59 Å². The van der Waals surface area contributed by atoms with E-state index in [0.717, 1.165) is 39.8 Å². The first-order valence-electron chi connectivity index (χ1n) is 8.46. The molecule has 4 nitrogen and oxygen atoms in total. The summed E-state index contributed by atoms with van der Waals surface area (Å²) in [5.41, 5.74) is 4.20. The van der Waals surface area contributed by atoms with Gasteiger partial charge in [-0.15, -0.1) is 0 Å². The number of rotatable bonds is 5. The molecule has 2 aromatic carbocycles. The van der Waals surface area contributed by atoms with Crippen LogP contribution in [-0.4, -0.2) is 29.2 Å². The van der Waals surface area contributed by atoms with Crippen LogP contribution in [0.3, 0.4) is 0 Å². The van der Waals surface area contributed by atoms with Gasteiger partial charge in [-0.3, -0.25) is 14.5 Å². The van der Waals surface area contributed by atoms with Gasteiger partial charge in [0.1, 0.15) is 12.4 Å². The monoisotopic (exact) mass is 367 g/mol. The van der Waals surface area contributed by atoms with Crippen molar-refractivity contribution >= 4 is 29.0 Å². The Morgan fingerprint density at radius 3 is 2.42 bits per heavy atom. The van der Waals surface area contributed by atoms with E-state index >= 15 is 0 Å². The molecule has 0 atom stereocenters. The van der Waals surface area contributed by atoms with Gasteiger partial charge in [0, 0.05) is 0 Å². The molecule has 1 heterocycles. The molecule has 0 aromatic heterocycles. The van der Waals surface area contributed by atoms with Gasteiger partial charge >= 0.3 is 0 Å². The van der Waals surface area contributed by atoms with Crippen molar-refractivity contribution in [3.63, 3.8) is 0 Å². The topological polar surface area (TPSA) is 46.6 Å². The van der Waals surface area contributed by atoms with Crippen molar-refractivity contribution in [2.24, 2.45) is 0 Å². The van der Waals surface area contributed by atoms with Crippen molar-refractivity contribution in [1.29, 1.82) is 0 Å². The van der Waals surface area contributed by atoms with Crippen LogP contribution in [0.15, 0.2) is 47.4 Å². The highest BCUT2D eigenvalue weighted by molar-refractivity contribution is 8.18. The third-order valence-corrected chi connectivity index (χ3v) is 5.07. The first-order valence-corrected chi connectivity index (χ1v) is 9.28. The maximum Gasteiger partial charge on any atom is 0.293 e. The molecular formula is C21H21NO3S. The second-order valence-corrected chi connectivity index (χ2v) is 7.35. The Bertz CT molecular complexity index is 871. The Labute approximate surface area is 157 Å². The van der Waals surface area contributed by atoms with E-state index in [1.807, 2.05) is 63.2 Å². The normalized spacial score (nSPS) is 15.8. The van der Waals surface area contributed by atoms with Gasteiger partial charge in [0.05, 0.1) is 11.4 Å². The molecule has 0 bridgehead atoms. The largest absolute Gasteiger partial charge is 0.491 e. The Morgan fingerprint density at radius 1 is 1.00 bits per heavy atom. The van der Waals surface area contributed by atoms with Gasteiger partial charge in [0.15, 0.2) is 0 Å². The molecule has 2 amide bonds. The zero-order valence-electron chi connectivity index (χ0n) is 15.1. The van der Waals surface area contributed by atoms with Crippen LogP contribution in [0.2, 0.25) is 0 Å². The van der Waals surface area contributed by atoms with Gasteiger partial charge in [0.25, 0.3) is 11.1 Å². The van der Waals surface area contributed by atoms with Gasteiger partial charge in [0.2, 0.25) is 0 Å². The number of imide groups is 1. The summed E-state index contributed by atoms with van der Waals surface area (Å²) < 4.78 is 5.77. The molecule has 0 saturated carbocycles. The summed E-state index contributed by atoms with van der Waals surface area (Å²) >= 11 is 0.976. The van der Waals surface area contributed by atoms with Crippen molar-refractivity contribution in [1.82, 2.24) is 4.90 Å². The van der Waals surface area contributed by atoms with Crippen molar-refractivity contribution < 1.29 is 14.3 Å². The van der Waals surface area contributed by atoms with Gasteiger partial charge < -0.3 is 4.74 Å². The Balaban J connectivity index is 1.64. The predicted molar refractivity (Wildman–Crippen MR) is 105 cm³/mol. The Kier molecular flexibility index (Phi) is 5.47. The van der Waals surface area contributed by atoms with Crippen LogP contribution >= 0.6 is 11.8 Å². The molecule has 3 rings (SSSR count). The van der Waals surface area contributed by atoms with Gasteiger partial charge in [-0.2, -0.15) is 0 Å². The SMILES string of the molecule is Cc1ccc(/C=C2\SC(=O)N(CCOc3cc(C)ccc3C)C2=O)cc1. The summed E-state index contributed by atoms with van der Waals surface area (Å²) in [6.45, 7) is 6.49. The molecule has 2 aromatic rings. The van der Waals surface area contributed by atoms with E-state index in [1.165, 1.54) is 4.90 Å². The fourth-order valence-electron chi connectivity index (χ4n) is 2.62. The van der Waals surface area contributed by atoms with Crippen LogP contribution in [0, 0.1) is 20.8 Å². The highest BCUT2D eigenvalue weighted by Crippen LogP contribution is 2.32. The van der Waals surface area contributed by atoms with Crippen LogP contribution in [0.4, 0.5) is 4.79 Å². The molecule has 5 heteroatoms. The third kappa shape index (κ3) is 4.17. The summed E-state index contributed by atoms with van der Waals surface area (Å²) in [5.74, 6) is 0.525. The molecule has 0 aliphatic carbocycles. The molecule has 0 spiro atoms.